The summed E-state index contributed by atoms with van der Waals surface area (Å²) in [6.07, 6.45) is 0. The van der Waals surface area contributed by atoms with Gasteiger partial charge in [0.05, 0.1) is 10.7 Å². The minimum absolute atomic E-state index is 0.339. The van der Waals surface area contributed by atoms with Crippen LogP contribution in [0, 0.1) is 13.8 Å². The van der Waals surface area contributed by atoms with Gasteiger partial charge in [-0.2, -0.15) is 0 Å². The molecule has 4 heteroatoms. The van der Waals surface area contributed by atoms with Crippen LogP contribution >= 0.6 is 11.3 Å². The van der Waals surface area contributed by atoms with E-state index in [2.05, 4.69) is 63.7 Å². The molecule has 0 aromatic carbocycles. The average molecular weight is 283 g/mol. The molecular weight excluding hydrogens is 254 g/mol. The van der Waals surface area contributed by atoms with Crippen molar-refractivity contribution in [2.75, 3.05) is 13.1 Å². The van der Waals surface area contributed by atoms with Crippen LogP contribution in [0.15, 0.2) is 0 Å². The number of hydrogen-bond acceptors (Lipinski definition) is 4. The lowest BCUT2D eigenvalue weighted by molar-refractivity contribution is 0.174. The monoisotopic (exact) mass is 283 g/mol. The highest BCUT2D eigenvalue weighted by Gasteiger charge is 2.15. The third-order valence-corrected chi connectivity index (χ3v) is 4.40. The third kappa shape index (κ3) is 4.86. The van der Waals surface area contributed by atoms with Crippen molar-refractivity contribution < 1.29 is 0 Å². The van der Waals surface area contributed by atoms with Crippen LogP contribution in [0.25, 0.3) is 0 Å². The lowest BCUT2D eigenvalue weighted by atomic mass is 10.2. The summed E-state index contributed by atoms with van der Waals surface area (Å²) in [6.45, 7) is 17.6. The third-order valence-electron chi connectivity index (χ3n) is 3.50. The Labute approximate surface area is 122 Å². The van der Waals surface area contributed by atoms with Gasteiger partial charge in [-0.3, -0.25) is 4.90 Å². The molecule has 110 valence electrons. The highest BCUT2D eigenvalue weighted by atomic mass is 32.1. The van der Waals surface area contributed by atoms with E-state index >= 15 is 0 Å². The van der Waals surface area contributed by atoms with E-state index in [9.17, 15) is 0 Å². The lowest BCUT2D eigenvalue weighted by Gasteiger charge is -2.31. The van der Waals surface area contributed by atoms with Crippen molar-refractivity contribution in [1.82, 2.24) is 15.2 Å². The zero-order chi connectivity index (χ0) is 14.6. The molecule has 0 saturated carbocycles. The fourth-order valence-corrected chi connectivity index (χ4v) is 3.48. The SMILES string of the molecule is Cc1nc(C(C)NCCN(C(C)C)C(C)C)c(C)s1. The Balaban J connectivity index is 2.46. The van der Waals surface area contributed by atoms with Gasteiger partial charge in [0.2, 0.25) is 0 Å². The molecule has 3 nitrogen and oxygen atoms in total. The molecule has 0 bridgehead atoms. The normalized spacial score (nSPS) is 13.8. The second kappa shape index (κ2) is 7.36. The van der Waals surface area contributed by atoms with Crippen molar-refractivity contribution in [3.05, 3.63) is 15.6 Å². The number of aromatic nitrogens is 1. The predicted octanol–water partition coefficient (Wildman–Crippen LogP) is 3.53. The van der Waals surface area contributed by atoms with E-state index in [0.29, 0.717) is 18.1 Å². The number of thiazole rings is 1. The molecule has 1 unspecified atom stereocenters. The maximum atomic E-state index is 4.62. The summed E-state index contributed by atoms with van der Waals surface area (Å²) < 4.78 is 0. The second-order valence-corrected chi connectivity index (χ2v) is 7.18. The summed E-state index contributed by atoms with van der Waals surface area (Å²) in [6, 6.07) is 1.53. The largest absolute Gasteiger partial charge is 0.308 e. The van der Waals surface area contributed by atoms with Crippen LogP contribution in [0.3, 0.4) is 0 Å². The van der Waals surface area contributed by atoms with Crippen LogP contribution in [0.4, 0.5) is 0 Å². The van der Waals surface area contributed by atoms with Crippen molar-refractivity contribution in [2.24, 2.45) is 0 Å². The Morgan fingerprint density at radius 1 is 1.11 bits per heavy atom. The zero-order valence-electron chi connectivity index (χ0n) is 13.4. The van der Waals surface area contributed by atoms with Gasteiger partial charge in [-0.15, -0.1) is 11.3 Å². The molecule has 0 saturated heterocycles. The van der Waals surface area contributed by atoms with Crippen molar-refractivity contribution >= 4 is 11.3 Å². The summed E-state index contributed by atoms with van der Waals surface area (Å²) in [7, 11) is 0. The number of rotatable bonds is 7. The number of aryl methyl sites for hydroxylation is 2. The number of nitrogens with zero attached hydrogens (tertiary/aromatic N) is 2. The highest BCUT2D eigenvalue weighted by molar-refractivity contribution is 7.11. The average Bonchev–Trinajstić information content (AvgIpc) is 2.62. The molecule has 0 aliphatic heterocycles. The first-order valence-corrected chi connectivity index (χ1v) is 8.07. The van der Waals surface area contributed by atoms with E-state index in [0.717, 1.165) is 18.1 Å². The molecular formula is C15H29N3S. The number of hydrogen-bond donors (Lipinski definition) is 1. The van der Waals surface area contributed by atoms with Gasteiger partial charge in [0, 0.05) is 36.1 Å². The number of nitrogens with one attached hydrogen (secondary N) is 1. The van der Waals surface area contributed by atoms with Crippen molar-refractivity contribution in [3.8, 4) is 0 Å². The van der Waals surface area contributed by atoms with Crippen molar-refractivity contribution in [3.63, 3.8) is 0 Å². The van der Waals surface area contributed by atoms with Gasteiger partial charge in [0.15, 0.2) is 0 Å². The molecule has 1 rings (SSSR count). The topological polar surface area (TPSA) is 28.2 Å². The van der Waals surface area contributed by atoms with Crippen molar-refractivity contribution in [2.45, 2.75) is 66.6 Å². The fraction of sp³-hybridized carbons (Fsp3) is 0.800. The summed E-state index contributed by atoms with van der Waals surface area (Å²) in [5.74, 6) is 0. The van der Waals surface area contributed by atoms with Crippen molar-refractivity contribution in [1.29, 1.82) is 0 Å². The second-order valence-electron chi connectivity index (χ2n) is 5.78. The quantitative estimate of drug-likeness (QED) is 0.830. The van der Waals surface area contributed by atoms with Crippen LogP contribution in [0.1, 0.15) is 56.2 Å². The molecule has 0 amide bonds. The van der Waals surface area contributed by atoms with Gasteiger partial charge >= 0.3 is 0 Å². The van der Waals surface area contributed by atoms with Gasteiger partial charge < -0.3 is 5.32 Å². The van der Waals surface area contributed by atoms with Gasteiger partial charge in [-0.1, -0.05) is 0 Å². The molecule has 1 aromatic heterocycles. The minimum atomic E-state index is 0.339. The molecule has 0 fully saturated rings. The van der Waals surface area contributed by atoms with E-state index in [1.54, 1.807) is 11.3 Å². The maximum absolute atomic E-state index is 4.62. The summed E-state index contributed by atoms with van der Waals surface area (Å²) >= 11 is 1.79. The fourth-order valence-electron chi connectivity index (χ4n) is 2.57. The minimum Gasteiger partial charge on any atom is -0.308 e. The standard InChI is InChI=1S/C15H29N3S/c1-10(2)18(11(3)4)9-8-16-12(5)15-13(6)19-14(7)17-15/h10-12,16H,8-9H2,1-7H3. The summed E-state index contributed by atoms with van der Waals surface area (Å²) in [5, 5.41) is 4.76. The van der Waals surface area contributed by atoms with E-state index in [4.69, 9.17) is 0 Å². The first-order valence-electron chi connectivity index (χ1n) is 7.26. The van der Waals surface area contributed by atoms with Gasteiger partial charge in [0.25, 0.3) is 0 Å². The van der Waals surface area contributed by atoms with Gasteiger partial charge in [-0.25, -0.2) is 4.98 Å². The Bertz CT molecular complexity index is 377. The molecule has 19 heavy (non-hydrogen) atoms. The van der Waals surface area contributed by atoms with Gasteiger partial charge in [-0.05, 0) is 48.5 Å². The Morgan fingerprint density at radius 2 is 1.68 bits per heavy atom. The predicted molar refractivity (Wildman–Crippen MR) is 85.0 cm³/mol. The van der Waals surface area contributed by atoms with Crippen LogP contribution in [0.5, 0.6) is 0 Å². The molecule has 0 spiro atoms. The van der Waals surface area contributed by atoms with E-state index < -0.39 is 0 Å². The van der Waals surface area contributed by atoms with Crippen LogP contribution in [-0.4, -0.2) is 35.1 Å². The smallest absolute Gasteiger partial charge is 0.0900 e. The Hall–Kier alpha value is -0.450. The molecule has 1 aromatic rings. The molecule has 0 aliphatic carbocycles. The molecule has 0 aliphatic rings. The summed E-state index contributed by atoms with van der Waals surface area (Å²) in [5.41, 5.74) is 1.21. The highest BCUT2D eigenvalue weighted by Crippen LogP contribution is 2.22. The van der Waals surface area contributed by atoms with Gasteiger partial charge in [0.1, 0.15) is 0 Å². The lowest BCUT2D eigenvalue weighted by Crippen LogP contribution is -2.41. The first kappa shape index (κ1) is 16.6. The van der Waals surface area contributed by atoms with E-state index in [1.165, 1.54) is 10.6 Å². The Kier molecular flexibility index (Phi) is 6.43. The van der Waals surface area contributed by atoms with E-state index in [1.807, 2.05) is 0 Å². The van der Waals surface area contributed by atoms with Crippen LogP contribution in [-0.2, 0) is 0 Å². The molecule has 0 radical (unpaired) electrons. The molecule has 1 heterocycles. The molecule has 1 atom stereocenters. The van der Waals surface area contributed by atoms with E-state index in [-0.39, 0.29) is 0 Å². The Morgan fingerprint density at radius 3 is 2.11 bits per heavy atom. The summed E-state index contributed by atoms with van der Waals surface area (Å²) in [4.78, 5) is 8.47. The molecule has 1 N–H and O–H groups in total. The van der Waals surface area contributed by atoms with Crippen LogP contribution in [0.2, 0.25) is 0 Å². The maximum Gasteiger partial charge on any atom is 0.0900 e. The zero-order valence-corrected chi connectivity index (χ0v) is 14.3. The van der Waals surface area contributed by atoms with Crippen LogP contribution < -0.4 is 5.32 Å². The first-order chi connectivity index (χ1) is 8.82.